The van der Waals surface area contributed by atoms with E-state index in [1.165, 1.54) is 205 Å². The van der Waals surface area contributed by atoms with Gasteiger partial charge in [-0.15, -0.1) is 0 Å². The van der Waals surface area contributed by atoms with Crippen LogP contribution in [0.1, 0.15) is 355 Å². The third-order valence-corrected chi connectivity index (χ3v) is 15.4. The van der Waals surface area contributed by atoms with Gasteiger partial charge < -0.3 is 14.2 Å². The lowest BCUT2D eigenvalue weighted by Gasteiger charge is -2.18. The lowest BCUT2D eigenvalue weighted by atomic mass is 10.0. The number of ether oxygens (including phenoxy) is 3. The molecule has 468 valence electrons. The van der Waals surface area contributed by atoms with E-state index in [9.17, 15) is 14.4 Å². The van der Waals surface area contributed by atoms with Crippen LogP contribution in [0.25, 0.3) is 0 Å². The Morgan fingerprint density at radius 1 is 0.259 bits per heavy atom. The molecule has 0 bridgehead atoms. The Kier molecular flexibility index (Phi) is 66.2. The highest BCUT2D eigenvalue weighted by Gasteiger charge is 2.19. The molecule has 0 aromatic carbocycles. The number of esters is 3. The average Bonchev–Trinajstić information content (AvgIpc) is 3.47. The van der Waals surface area contributed by atoms with Gasteiger partial charge in [-0.05, 0) is 77.0 Å². The molecule has 0 aliphatic carbocycles. The predicted molar refractivity (Wildman–Crippen MR) is 353 cm³/mol. The standard InChI is InChI=1S/C75H132O6/c1-4-7-10-13-16-19-21-23-25-27-29-31-33-34-35-36-37-38-39-40-42-43-45-47-49-51-53-56-59-62-65-68-74(77)80-71-72(70-79-73(76)67-64-61-58-55-18-15-12-9-6-3)81-75(78)69-66-63-60-57-54-52-50-48-46-44-41-32-30-28-26-24-22-20-17-14-11-8-5-2/h7,10,16,19,23,25,29,31,34-35,37-38,40,42,72H,4-6,8-9,11-15,17-18,20-22,24,26-28,30,32-33,36,39,41,43-71H2,1-3H3/b10-7-,19-16-,25-23-,31-29-,35-34-,38-37-,42-40-. The zero-order valence-electron chi connectivity index (χ0n) is 53.8. The van der Waals surface area contributed by atoms with Crippen molar-refractivity contribution in [2.24, 2.45) is 0 Å². The van der Waals surface area contributed by atoms with E-state index in [1.54, 1.807) is 0 Å². The topological polar surface area (TPSA) is 78.9 Å². The summed E-state index contributed by atoms with van der Waals surface area (Å²) in [6.45, 7) is 6.55. The molecule has 0 aliphatic rings. The maximum Gasteiger partial charge on any atom is 0.306 e. The first-order chi connectivity index (χ1) is 40.0. The highest BCUT2D eigenvalue weighted by Crippen LogP contribution is 2.18. The van der Waals surface area contributed by atoms with E-state index in [2.05, 4.69) is 106 Å². The van der Waals surface area contributed by atoms with Gasteiger partial charge in [0.2, 0.25) is 0 Å². The van der Waals surface area contributed by atoms with E-state index in [1.807, 2.05) is 0 Å². The number of rotatable bonds is 64. The van der Waals surface area contributed by atoms with Crippen molar-refractivity contribution in [2.75, 3.05) is 13.2 Å². The predicted octanol–water partition coefficient (Wildman–Crippen LogP) is 24.2. The van der Waals surface area contributed by atoms with Crippen LogP contribution in [0.4, 0.5) is 0 Å². The van der Waals surface area contributed by atoms with Gasteiger partial charge in [-0.1, -0.05) is 343 Å². The van der Waals surface area contributed by atoms with Crippen molar-refractivity contribution < 1.29 is 28.6 Å². The molecule has 0 fully saturated rings. The summed E-state index contributed by atoms with van der Waals surface area (Å²) in [6, 6.07) is 0. The first kappa shape index (κ1) is 77.6. The van der Waals surface area contributed by atoms with Gasteiger partial charge in [0.15, 0.2) is 6.10 Å². The minimum Gasteiger partial charge on any atom is -0.462 e. The Balaban J connectivity index is 4.16. The number of hydrogen-bond donors (Lipinski definition) is 0. The number of carbonyl (C=O) groups is 3. The monoisotopic (exact) mass is 1130 g/mol. The van der Waals surface area contributed by atoms with Crippen molar-refractivity contribution >= 4 is 17.9 Å². The molecular weight excluding hydrogens is 997 g/mol. The third kappa shape index (κ3) is 67.3. The van der Waals surface area contributed by atoms with E-state index in [0.29, 0.717) is 19.3 Å². The highest BCUT2D eigenvalue weighted by molar-refractivity contribution is 5.71. The van der Waals surface area contributed by atoms with E-state index in [-0.39, 0.29) is 31.1 Å². The normalized spacial score (nSPS) is 12.6. The molecule has 0 amide bonds. The summed E-state index contributed by atoms with van der Waals surface area (Å²) < 4.78 is 16.9. The Morgan fingerprint density at radius 2 is 0.481 bits per heavy atom. The molecule has 0 aliphatic heterocycles. The second-order valence-corrected chi connectivity index (χ2v) is 23.4. The maximum absolute atomic E-state index is 12.9. The van der Waals surface area contributed by atoms with Gasteiger partial charge in [-0.3, -0.25) is 14.4 Å². The average molecular weight is 1130 g/mol. The number of carbonyl (C=O) groups excluding carboxylic acids is 3. The van der Waals surface area contributed by atoms with Crippen LogP contribution in [0.3, 0.4) is 0 Å². The summed E-state index contributed by atoms with van der Waals surface area (Å²) in [4.78, 5) is 38.3. The van der Waals surface area contributed by atoms with Gasteiger partial charge >= 0.3 is 17.9 Å². The van der Waals surface area contributed by atoms with Gasteiger partial charge in [-0.25, -0.2) is 0 Å². The first-order valence-electron chi connectivity index (χ1n) is 35.1. The first-order valence-corrected chi connectivity index (χ1v) is 35.1. The molecule has 0 saturated heterocycles. The van der Waals surface area contributed by atoms with Crippen LogP contribution in [0.2, 0.25) is 0 Å². The second kappa shape index (κ2) is 69.1. The zero-order chi connectivity index (χ0) is 58.5. The maximum atomic E-state index is 12.9. The summed E-state index contributed by atoms with van der Waals surface area (Å²) in [7, 11) is 0. The molecule has 0 heterocycles. The summed E-state index contributed by atoms with van der Waals surface area (Å²) in [5, 5.41) is 0. The van der Waals surface area contributed by atoms with Crippen LogP contribution >= 0.6 is 0 Å². The molecule has 0 aromatic heterocycles. The van der Waals surface area contributed by atoms with E-state index in [4.69, 9.17) is 14.2 Å². The lowest BCUT2D eigenvalue weighted by Crippen LogP contribution is -2.30. The fourth-order valence-electron chi connectivity index (χ4n) is 10.2. The molecule has 0 aromatic rings. The Bertz CT molecular complexity index is 1530. The van der Waals surface area contributed by atoms with Crippen molar-refractivity contribution in [3.63, 3.8) is 0 Å². The van der Waals surface area contributed by atoms with Crippen molar-refractivity contribution in [2.45, 2.75) is 361 Å². The van der Waals surface area contributed by atoms with Gasteiger partial charge in [0.1, 0.15) is 13.2 Å². The Morgan fingerprint density at radius 3 is 0.753 bits per heavy atom. The minimum absolute atomic E-state index is 0.0730. The van der Waals surface area contributed by atoms with E-state index < -0.39 is 6.10 Å². The molecule has 1 unspecified atom stereocenters. The van der Waals surface area contributed by atoms with E-state index >= 15 is 0 Å². The van der Waals surface area contributed by atoms with Crippen molar-refractivity contribution in [1.82, 2.24) is 0 Å². The Hall–Kier alpha value is -3.41. The quantitative estimate of drug-likeness (QED) is 0.0261. The SMILES string of the molecule is CC/C=C\C/C=C\C/C=C\C/C=C\C/C=C\C/C=C\C/C=C\CCCCCCCCCCCC(=O)OCC(COC(=O)CCCCCCCCCCC)OC(=O)CCCCCCCCCCCCCCCCCCCCCCCCC. The van der Waals surface area contributed by atoms with Crippen LogP contribution in [0, 0.1) is 0 Å². The van der Waals surface area contributed by atoms with Gasteiger partial charge in [-0.2, -0.15) is 0 Å². The van der Waals surface area contributed by atoms with Crippen LogP contribution in [0.5, 0.6) is 0 Å². The third-order valence-electron chi connectivity index (χ3n) is 15.4. The number of unbranched alkanes of at least 4 members (excludes halogenated alkanes) is 39. The molecule has 0 radical (unpaired) electrons. The van der Waals surface area contributed by atoms with Gasteiger partial charge in [0.05, 0.1) is 0 Å². The smallest absolute Gasteiger partial charge is 0.306 e. The molecular formula is C75H132O6. The van der Waals surface area contributed by atoms with Crippen LogP contribution < -0.4 is 0 Å². The fraction of sp³-hybridized carbons (Fsp3) is 0.773. The largest absolute Gasteiger partial charge is 0.462 e. The summed E-state index contributed by atoms with van der Waals surface area (Å²) in [6.07, 6.45) is 91.9. The molecule has 0 saturated carbocycles. The molecule has 0 spiro atoms. The van der Waals surface area contributed by atoms with E-state index in [0.717, 1.165) is 109 Å². The van der Waals surface area contributed by atoms with Crippen molar-refractivity contribution in [1.29, 1.82) is 0 Å². The van der Waals surface area contributed by atoms with Crippen LogP contribution in [-0.2, 0) is 28.6 Å². The fourth-order valence-corrected chi connectivity index (χ4v) is 10.2. The number of hydrogen-bond acceptors (Lipinski definition) is 6. The summed E-state index contributed by atoms with van der Waals surface area (Å²) in [5.74, 6) is -0.863. The Labute approximate surface area is 503 Å². The molecule has 0 rings (SSSR count). The van der Waals surface area contributed by atoms with Crippen LogP contribution in [0.15, 0.2) is 85.1 Å². The minimum atomic E-state index is -0.776. The van der Waals surface area contributed by atoms with Gasteiger partial charge in [0.25, 0.3) is 0 Å². The molecule has 81 heavy (non-hydrogen) atoms. The van der Waals surface area contributed by atoms with Gasteiger partial charge in [0, 0.05) is 19.3 Å². The summed E-state index contributed by atoms with van der Waals surface area (Å²) in [5.41, 5.74) is 0. The highest BCUT2D eigenvalue weighted by atomic mass is 16.6. The van der Waals surface area contributed by atoms with Crippen LogP contribution in [-0.4, -0.2) is 37.2 Å². The molecule has 1 atom stereocenters. The zero-order valence-corrected chi connectivity index (χ0v) is 53.8. The summed E-state index contributed by atoms with van der Waals surface area (Å²) >= 11 is 0. The lowest BCUT2D eigenvalue weighted by molar-refractivity contribution is -0.167. The van der Waals surface area contributed by atoms with Crippen molar-refractivity contribution in [3.05, 3.63) is 85.1 Å². The molecule has 0 N–H and O–H groups in total. The molecule has 6 nitrogen and oxygen atoms in total. The second-order valence-electron chi connectivity index (χ2n) is 23.4. The van der Waals surface area contributed by atoms with Crippen molar-refractivity contribution in [3.8, 4) is 0 Å². The number of allylic oxidation sites excluding steroid dienone is 14. The molecule has 6 heteroatoms.